The summed E-state index contributed by atoms with van der Waals surface area (Å²) in [7, 11) is 0. The number of nitrogens with zero attached hydrogens (tertiary/aromatic N) is 2. The molecule has 1 N–H and O–H groups in total. The lowest BCUT2D eigenvalue weighted by atomic mass is 10.1. The molecule has 0 aromatic heterocycles. The normalized spacial score (nSPS) is 19.0. The van der Waals surface area contributed by atoms with Crippen molar-refractivity contribution in [2.75, 3.05) is 45.8 Å². The van der Waals surface area contributed by atoms with E-state index in [2.05, 4.69) is 42.5 Å². The van der Waals surface area contributed by atoms with E-state index in [-0.39, 0.29) is 5.54 Å². The van der Waals surface area contributed by atoms with Gasteiger partial charge in [-0.25, -0.2) is 0 Å². The highest BCUT2D eigenvalue weighted by atomic mass is 15.2. The van der Waals surface area contributed by atoms with Gasteiger partial charge in [0.15, 0.2) is 0 Å². The Balaban J connectivity index is 2.33. The van der Waals surface area contributed by atoms with Crippen molar-refractivity contribution >= 4 is 0 Å². The lowest BCUT2D eigenvalue weighted by Gasteiger charge is -2.37. The van der Waals surface area contributed by atoms with Crippen LogP contribution in [0.4, 0.5) is 0 Å². The van der Waals surface area contributed by atoms with Gasteiger partial charge in [-0.3, -0.25) is 9.80 Å². The summed E-state index contributed by atoms with van der Waals surface area (Å²) in [4.78, 5) is 5.03. The largest absolute Gasteiger partial charge is 0.314 e. The smallest absolute Gasteiger partial charge is 0.0166 e. The third kappa shape index (κ3) is 4.64. The summed E-state index contributed by atoms with van der Waals surface area (Å²) in [6.45, 7) is 18.6. The maximum atomic E-state index is 3.84. The maximum Gasteiger partial charge on any atom is 0.0166 e. The fourth-order valence-electron chi connectivity index (χ4n) is 2.05. The van der Waals surface area contributed by atoms with Gasteiger partial charge in [-0.05, 0) is 20.8 Å². The van der Waals surface area contributed by atoms with E-state index in [1.807, 2.05) is 6.08 Å². The van der Waals surface area contributed by atoms with E-state index in [1.54, 1.807) is 0 Å². The Hall–Kier alpha value is -0.380. The highest BCUT2D eigenvalue weighted by Crippen LogP contribution is 2.12. The van der Waals surface area contributed by atoms with Crippen molar-refractivity contribution in [1.82, 2.24) is 15.1 Å². The predicted molar refractivity (Wildman–Crippen MR) is 70.8 cm³/mol. The summed E-state index contributed by atoms with van der Waals surface area (Å²) < 4.78 is 0. The van der Waals surface area contributed by atoms with Crippen LogP contribution in [-0.4, -0.2) is 61.2 Å². The molecule has 3 nitrogen and oxygen atoms in total. The first-order valence-corrected chi connectivity index (χ1v) is 6.33. The lowest BCUT2D eigenvalue weighted by Crippen LogP contribution is -2.49. The standard InChI is InChI=1S/C13H27N3/c1-5-8-16(13(2,3)4)12-11-15-9-6-14-7-10-15/h5,14H,1,6-12H2,2-4H3. The van der Waals surface area contributed by atoms with Crippen LogP contribution >= 0.6 is 0 Å². The molecule has 1 aliphatic rings. The van der Waals surface area contributed by atoms with Crippen molar-refractivity contribution in [2.45, 2.75) is 26.3 Å². The van der Waals surface area contributed by atoms with Crippen LogP contribution in [-0.2, 0) is 0 Å². The minimum absolute atomic E-state index is 0.238. The molecule has 0 saturated carbocycles. The fraction of sp³-hybridized carbons (Fsp3) is 0.846. The SMILES string of the molecule is C=CCN(CCN1CCNCC1)C(C)(C)C. The molecule has 1 fully saturated rings. The molecule has 1 aliphatic heterocycles. The van der Waals surface area contributed by atoms with Crippen LogP contribution in [0, 0.1) is 0 Å². The van der Waals surface area contributed by atoms with Crippen LogP contribution in [0.3, 0.4) is 0 Å². The predicted octanol–water partition coefficient (Wildman–Crippen LogP) is 1.18. The quantitative estimate of drug-likeness (QED) is 0.709. The molecule has 16 heavy (non-hydrogen) atoms. The summed E-state index contributed by atoms with van der Waals surface area (Å²) >= 11 is 0. The van der Waals surface area contributed by atoms with E-state index in [1.165, 1.54) is 19.6 Å². The molecule has 3 heteroatoms. The Morgan fingerprint density at radius 3 is 2.44 bits per heavy atom. The van der Waals surface area contributed by atoms with E-state index < -0.39 is 0 Å². The molecule has 0 aromatic carbocycles. The highest BCUT2D eigenvalue weighted by Gasteiger charge is 2.20. The number of hydrogen-bond acceptors (Lipinski definition) is 3. The van der Waals surface area contributed by atoms with E-state index in [4.69, 9.17) is 0 Å². The molecule has 0 radical (unpaired) electrons. The number of nitrogens with one attached hydrogen (secondary N) is 1. The van der Waals surface area contributed by atoms with Crippen LogP contribution in [0.25, 0.3) is 0 Å². The number of rotatable bonds is 5. The van der Waals surface area contributed by atoms with Gasteiger partial charge in [0.05, 0.1) is 0 Å². The van der Waals surface area contributed by atoms with E-state index in [9.17, 15) is 0 Å². The third-order valence-corrected chi connectivity index (χ3v) is 3.19. The fourth-order valence-corrected chi connectivity index (χ4v) is 2.05. The van der Waals surface area contributed by atoms with Crippen molar-refractivity contribution in [1.29, 1.82) is 0 Å². The molecule has 94 valence electrons. The first-order chi connectivity index (χ1) is 7.54. The third-order valence-electron chi connectivity index (χ3n) is 3.19. The van der Waals surface area contributed by atoms with Crippen molar-refractivity contribution in [3.8, 4) is 0 Å². The molecule has 0 atom stereocenters. The van der Waals surface area contributed by atoms with Crippen LogP contribution in [0.15, 0.2) is 12.7 Å². The monoisotopic (exact) mass is 225 g/mol. The topological polar surface area (TPSA) is 18.5 Å². The molecular formula is C13H27N3. The minimum atomic E-state index is 0.238. The van der Waals surface area contributed by atoms with Gasteiger partial charge in [-0.15, -0.1) is 6.58 Å². The van der Waals surface area contributed by atoms with Crippen LogP contribution in [0.2, 0.25) is 0 Å². The van der Waals surface area contributed by atoms with Crippen LogP contribution < -0.4 is 5.32 Å². The number of hydrogen-bond donors (Lipinski definition) is 1. The molecule has 1 saturated heterocycles. The Labute approximate surface area is 100 Å². The molecule has 1 rings (SSSR count). The van der Waals surface area contributed by atoms with Gasteiger partial charge < -0.3 is 5.32 Å². The van der Waals surface area contributed by atoms with Gasteiger partial charge in [0.1, 0.15) is 0 Å². The second-order valence-corrected chi connectivity index (χ2v) is 5.50. The number of piperazine rings is 1. The first-order valence-electron chi connectivity index (χ1n) is 6.33. The minimum Gasteiger partial charge on any atom is -0.314 e. The van der Waals surface area contributed by atoms with E-state index in [0.717, 1.165) is 26.2 Å². The van der Waals surface area contributed by atoms with Gasteiger partial charge in [0, 0.05) is 51.4 Å². The van der Waals surface area contributed by atoms with Crippen LogP contribution in [0.1, 0.15) is 20.8 Å². The van der Waals surface area contributed by atoms with Gasteiger partial charge in [-0.1, -0.05) is 6.08 Å². The molecular weight excluding hydrogens is 198 g/mol. The summed E-state index contributed by atoms with van der Waals surface area (Å²) in [5.74, 6) is 0. The Kier molecular flexibility index (Phi) is 5.46. The molecule has 0 amide bonds. The van der Waals surface area contributed by atoms with Crippen molar-refractivity contribution in [3.63, 3.8) is 0 Å². The van der Waals surface area contributed by atoms with Gasteiger partial charge in [0.25, 0.3) is 0 Å². The Morgan fingerprint density at radius 1 is 1.31 bits per heavy atom. The Morgan fingerprint density at radius 2 is 1.94 bits per heavy atom. The second-order valence-electron chi connectivity index (χ2n) is 5.50. The maximum absolute atomic E-state index is 3.84. The molecule has 0 aromatic rings. The summed E-state index contributed by atoms with van der Waals surface area (Å²) in [6.07, 6.45) is 2.00. The second kappa shape index (κ2) is 6.38. The Bertz CT molecular complexity index is 202. The summed E-state index contributed by atoms with van der Waals surface area (Å²) in [5, 5.41) is 3.39. The molecule has 0 unspecified atom stereocenters. The highest BCUT2D eigenvalue weighted by molar-refractivity contribution is 4.83. The molecule has 0 spiro atoms. The zero-order chi connectivity index (χ0) is 12.0. The van der Waals surface area contributed by atoms with Crippen LogP contribution in [0.5, 0.6) is 0 Å². The zero-order valence-electron chi connectivity index (χ0n) is 11.1. The zero-order valence-corrected chi connectivity index (χ0v) is 11.1. The lowest BCUT2D eigenvalue weighted by molar-refractivity contribution is 0.124. The van der Waals surface area contributed by atoms with Crippen molar-refractivity contribution < 1.29 is 0 Å². The molecule has 1 heterocycles. The molecule has 0 aliphatic carbocycles. The average Bonchev–Trinajstić information content (AvgIpc) is 2.24. The first kappa shape index (κ1) is 13.7. The summed E-state index contributed by atoms with van der Waals surface area (Å²) in [5.41, 5.74) is 0.238. The average molecular weight is 225 g/mol. The van der Waals surface area contributed by atoms with Gasteiger partial charge in [-0.2, -0.15) is 0 Å². The summed E-state index contributed by atoms with van der Waals surface area (Å²) in [6, 6.07) is 0. The van der Waals surface area contributed by atoms with Gasteiger partial charge >= 0.3 is 0 Å². The molecule has 0 bridgehead atoms. The van der Waals surface area contributed by atoms with E-state index in [0.29, 0.717) is 0 Å². The van der Waals surface area contributed by atoms with Gasteiger partial charge in [0.2, 0.25) is 0 Å². The van der Waals surface area contributed by atoms with E-state index >= 15 is 0 Å². The van der Waals surface area contributed by atoms with Crippen molar-refractivity contribution in [3.05, 3.63) is 12.7 Å². The van der Waals surface area contributed by atoms with Crippen molar-refractivity contribution in [2.24, 2.45) is 0 Å².